The molecule has 0 saturated carbocycles. The highest BCUT2D eigenvalue weighted by Crippen LogP contribution is 2.68. The molecule has 3 heterocycles. The van der Waals surface area contributed by atoms with Crippen LogP contribution in [0.5, 0.6) is 0 Å². The van der Waals surface area contributed by atoms with E-state index < -0.39 is 10.8 Å². The Balaban J connectivity index is 1.03. The quantitative estimate of drug-likeness (QED) is 0.159. The lowest BCUT2D eigenvalue weighted by Crippen LogP contribution is -2.60. The van der Waals surface area contributed by atoms with Gasteiger partial charge < -0.3 is 9.80 Å². The molecule has 0 radical (unpaired) electrons. The van der Waals surface area contributed by atoms with Crippen LogP contribution >= 0.6 is 11.3 Å². The van der Waals surface area contributed by atoms with Gasteiger partial charge in [0.15, 0.2) is 0 Å². The van der Waals surface area contributed by atoms with Gasteiger partial charge in [0.2, 0.25) is 0 Å². The molecule has 0 amide bonds. The number of thiophene rings is 1. The summed E-state index contributed by atoms with van der Waals surface area (Å²) in [6.07, 6.45) is 0. The van der Waals surface area contributed by atoms with Gasteiger partial charge in [0.05, 0.1) is 16.5 Å². The minimum atomic E-state index is -0.529. The Kier molecular flexibility index (Phi) is 9.74. The monoisotopic (exact) mass is 1080 g/mol. The number of aryl methyl sites for hydroxylation is 1. The van der Waals surface area contributed by atoms with Crippen molar-refractivity contribution < 1.29 is 0 Å². The fourth-order valence-electron chi connectivity index (χ4n) is 16.2. The molecule has 0 atom stereocenters. The van der Waals surface area contributed by atoms with Crippen LogP contribution < -0.4 is 25.5 Å². The zero-order chi connectivity index (χ0) is 56.4. The molecule has 0 saturated heterocycles. The van der Waals surface area contributed by atoms with Crippen LogP contribution in [-0.4, -0.2) is 6.71 Å². The van der Waals surface area contributed by atoms with Crippen LogP contribution in [0.3, 0.4) is 0 Å². The summed E-state index contributed by atoms with van der Waals surface area (Å²) in [4.78, 5) is 6.80. The highest BCUT2D eigenvalue weighted by atomic mass is 32.1. The second kappa shape index (κ2) is 16.4. The van der Waals surface area contributed by atoms with Crippen LogP contribution in [0.25, 0.3) is 44.5 Å². The van der Waals surface area contributed by atoms with E-state index in [0.717, 1.165) is 0 Å². The van der Waals surface area contributed by atoms with Crippen molar-refractivity contribution in [2.75, 3.05) is 9.80 Å². The predicted molar refractivity (Wildman–Crippen MR) is 352 cm³/mol. The summed E-state index contributed by atoms with van der Waals surface area (Å²) in [7, 11) is 0. The Bertz CT molecular complexity index is 4560. The lowest BCUT2D eigenvalue weighted by atomic mass is 9.36. The summed E-state index contributed by atoms with van der Waals surface area (Å²) in [6, 6.07) is 83.6. The van der Waals surface area contributed by atoms with Crippen LogP contribution in [0, 0.1) is 6.92 Å². The molecule has 4 heteroatoms. The summed E-state index contributed by atoms with van der Waals surface area (Å²) in [6.45, 7) is 23.3. The Labute approximate surface area is 493 Å². The predicted octanol–water partition coefficient (Wildman–Crippen LogP) is 18.7. The Morgan fingerprint density at radius 1 is 0.361 bits per heavy atom. The molecule has 0 bridgehead atoms. The topological polar surface area (TPSA) is 6.48 Å². The molecule has 4 aliphatic carbocycles. The summed E-state index contributed by atoms with van der Waals surface area (Å²) >= 11 is 2.09. The number of anilines is 6. The van der Waals surface area contributed by atoms with E-state index in [9.17, 15) is 0 Å². The lowest BCUT2D eigenvalue weighted by molar-refractivity contribution is 0.588. The van der Waals surface area contributed by atoms with E-state index in [2.05, 4.69) is 303 Å². The maximum Gasteiger partial charge on any atom is 0.264 e. The standard InChI is InChI=1S/C79H65BN2S/c1-46-41-68-71-69(42-46)82(51-38-33-48(34-39-51)76(5,6)7)72-70-57-40-35-49(77(8,9)10)43-64(57)79(62-29-19-13-23-54(62)55-24-14-20-30-63(55)79)73(70)83-74(72)80(71)66-44-58-56-25-15-18-28-61(56)78(59-26-16-11-21-52(59)53-22-12-17-27-60(53)78)65(58)45-67(66)81(68)50-36-31-47(32-37-50)75(2,3)4/h11-45H,1-10H3. The second-order valence-corrected chi connectivity index (χ2v) is 28.7. The smallest absolute Gasteiger partial charge is 0.264 e. The zero-order valence-electron chi connectivity index (χ0n) is 49.1. The van der Waals surface area contributed by atoms with E-state index in [-0.39, 0.29) is 23.0 Å². The fourth-order valence-corrected chi connectivity index (χ4v) is 17.9. The largest absolute Gasteiger partial charge is 0.311 e. The Hall–Kier alpha value is -8.44. The second-order valence-electron chi connectivity index (χ2n) is 27.6. The number of rotatable bonds is 2. The SMILES string of the molecule is Cc1cc2c3c(c1)N(c1ccc(C(C)(C)C)cc1)c1c(sc4c1-c1ccc(C(C)(C)C)cc1C41c4ccccc4-c4ccccc41)B3c1cc3c(cc1N2c1ccc(C(C)(C)C)cc1)C1(c2ccccc2-c2ccccc21)c1ccccc1-3. The number of benzene rings is 10. The van der Waals surface area contributed by atoms with E-state index in [0.29, 0.717) is 0 Å². The van der Waals surface area contributed by atoms with Crippen LogP contribution in [0.4, 0.5) is 34.1 Å². The molecule has 0 N–H and O–H groups in total. The van der Waals surface area contributed by atoms with Gasteiger partial charge in [-0.1, -0.05) is 232 Å². The number of hydrogen-bond acceptors (Lipinski definition) is 3. The van der Waals surface area contributed by atoms with Gasteiger partial charge in [-0.3, -0.25) is 0 Å². The average molecular weight is 1090 g/mol. The van der Waals surface area contributed by atoms with Crippen molar-refractivity contribution in [3.63, 3.8) is 0 Å². The molecular weight excluding hydrogens is 1020 g/mol. The normalized spacial score (nSPS) is 15.5. The van der Waals surface area contributed by atoms with Gasteiger partial charge in [-0.2, -0.15) is 0 Å². The van der Waals surface area contributed by atoms with Crippen LogP contribution in [0.15, 0.2) is 212 Å². The molecule has 17 rings (SSSR count). The van der Waals surface area contributed by atoms with Gasteiger partial charge in [-0.05, 0) is 177 Å². The third kappa shape index (κ3) is 6.25. The zero-order valence-corrected chi connectivity index (χ0v) is 49.9. The molecule has 83 heavy (non-hydrogen) atoms. The first-order valence-corrected chi connectivity index (χ1v) is 30.8. The molecule has 0 fully saturated rings. The van der Waals surface area contributed by atoms with Gasteiger partial charge in [0.25, 0.3) is 6.71 Å². The molecule has 11 aromatic rings. The molecular formula is C79H65BN2S. The number of hydrogen-bond donors (Lipinski definition) is 0. The Morgan fingerprint density at radius 2 is 0.771 bits per heavy atom. The van der Waals surface area contributed by atoms with E-state index >= 15 is 0 Å². The molecule has 1 aromatic heterocycles. The minimum Gasteiger partial charge on any atom is -0.311 e. The molecule has 10 aromatic carbocycles. The van der Waals surface area contributed by atoms with E-state index in [1.165, 1.54) is 160 Å². The summed E-state index contributed by atoms with van der Waals surface area (Å²) in [5.74, 6) is 0. The Morgan fingerprint density at radius 3 is 1.25 bits per heavy atom. The van der Waals surface area contributed by atoms with Crippen molar-refractivity contribution in [2.45, 2.75) is 96.3 Å². The number of fused-ring (bicyclic) bond motifs is 25. The van der Waals surface area contributed by atoms with Crippen LogP contribution in [0.1, 0.15) is 128 Å². The van der Waals surface area contributed by atoms with E-state index in [4.69, 9.17) is 0 Å². The van der Waals surface area contributed by atoms with Gasteiger partial charge in [0.1, 0.15) is 0 Å². The van der Waals surface area contributed by atoms with Crippen molar-refractivity contribution in [1.82, 2.24) is 0 Å². The molecule has 2 aliphatic heterocycles. The maximum absolute atomic E-state index is 2.71. The van der Waals surface area contributed by atoms with E-state index in [1.54, 1.807) is 0 Å². The van der Waals surface area contributed by atoms with Crippen molar-refractivity contribution in [2.24, 2.45) is 0 Å². The highest BCUT2D eigenvalue weighted by molar-refractivity contribution is 7.30. The van der Waals surface area contributed by atoms with Crippen molar-refractivity contribution in [1.29, 1.82) is 0 Å². The average Bonchev–Trinajstić information content (AvgIpc) is 1.75. The first kappa shape index (κ1) is 49.2. The molecule has 0 unspecified atom stereocenters. The van der Waals surface area contributed by atoms with Crippen LogP contribution in [0.2, 0.25) is 0 Å². The molecule has 400 valence electrons. The third-order valence-electron chi connectivity index (χ3n) is 20.0. The van der Waals surface area contributed by atoms with Crippen molar-refractivity contribution in [3.05, 3.63) is 278 Å². The van der Waals surface area contributed by atoms with E-state index in [1.807, 2.05) is 0 Å². The summed E-state index contributed by atoms with van der Waals surface area (Å²) in [5, 5.41) is 0. The molecule has 2 nitrogen and oxygen atoms in total. The van der Waals surface area contributed by atoms with Crippen molar-refractivity contribution >= 4 is 67.9 Å². The fraction of sp³-hybridized carbons (Fsp3) is 0.190. The van der Waals surface area contributed by atoms with Gasteiger partial charge >= 0.3 is 0 Å². The number of nitrogens with zero attached hydrogens (tertiary/aromatic N) is 2. The van der Waals surface area contributed by atoms with Gasteiger partial charge in [-0.15, -0.1) is 11.3 Å². The maximum atomic E-state index is 2.71. The van der Waals surface area contributed by atoms with Crippen LogP contribution in [-0.2, 0) is 27.1 Å². The van der Waals surface area contributed by atoms with Gasteiger partial charge in [0, 0.05) is 43.7 Å². The third-order valence-corrected chi connectivity index (χ3v) is 21.3. The summed E-state index contributed by atoms with van der Waals surface area (Å²) < 4.78 is 1.40. The first-order chi connectivity index (χ1) is 40.0. The lowest BCUT2D eigenvalue weighted by Gasteiger charge is -2.44. The molecule has 6 aliphatic rings. The molecule has 2 spiro atoms. The minimum absolute atomic E-state index is 0.00217. The highest BCUT2D eigenvalue weighted by Gasteiger charge is 2.58. The first-order valence-electron chi connectivity index (χ1n) is 29.9. The summed E-state index contributed by atoms with van der Waals surface area (Å²) in [5.41, 5.74) is 34.5. The van der Waals surface area contributed by atoms with Crippen molar-refractivity contribution in [3.8, 4) is 44.5 Å². The van der Waals surface area contributed by atoms with Gasteiger partial charge in [-0.25, -0.2) is 0 Å².